The third-order valence-corrected chi connectivity index (χ3v) is 3.21. The number of aliphatic hydroxyl groups excluding tert-OH is 1. The zero-order valence-electron chi connectivity index (χ0n) is 6.43. The van der Waals surface area contributed by atoms with Crippen LogP contribution in [0.15, 0.2) is 0 Å². The summed E-state index contributed by atoms with van der Waals surface area (Å²) in [5.41, 5.74) is 0.605. The number of hydrogen-bond donors (Lipinski definition) is 2. The van der Waals surface area contributed by atoms with Gasteiger partial charge in [0.2, 0.25) is 0 Å². The van der Waals surface area contributed by atoms with E-state index in [2.05, 4.69) is 12.2 Å². The Bertz CT molecular complexity index is 148. The van der Waals surface area contributed by atoms with Crippen LogP contribution in [0.2, 0.25) is 0 Å². The second-order valence-corrected chi connectivity index (χ2v) is 3.93. The Morgan fingerprint density at radius 1 is 1.60 bits per heavy atom. The smallest absolute Gasteiger partial charge is 0.0584 e. The summed E-state index contributed by atoms with van der Waals surface area (Å²) in [6.07, 6.45) is 2.57. The molecule has 2 rings (SSSR count). The Hall–Kier alpha value is -0.0800. The highest BCUT2D eigenvalue weighted by Gasteiger charge is 2.54. The maximum Gasteiger partial charge on any atom is 0.0584 e. The number of aliphatic hydroxyl groups is 1. The van der Waals surface area contributed by atoms with Gasteiger partial charge >= 0.3 is 0 Å². The molecule has 1 unspecified atom stereocenters. The molecule has 2 aliphatic rings. The molecule has 0 radical (unpaired) electrons. The number of rotatable bonds is 1. The van der Waals surface area contributed by atoms with E-state index in [1.165, 1.54) is 12.8 Å². The number of hydrogen-bond acceptors (Lipinski definition) is 2. The van der Waals surface area contributed by atoms with Crippen LogP contribution in [0, 0.1) is 11.3 Å². The topological polar surface area (TPSA) is 32.3 Å². The van der Waals surface area contributed by atoms with E-state index >= 15 is 0 Å². The molecule has 1 spiro atoms. The van der Waals surface area contributed by atoms with E-state index in [1.807, 2.05) is 0 Å². The van der Waals surface area contributed by atoms with Gasteiger partial charge in [-0.15, -0.1) is 0 Å². The molecule has 0 aromatic carbocycles. The summed E-state index contributed by atoms with van der Waals surface area (Å²) >= 11 is 0. The first-order valence-electron chi connectivity index (χ1n) is 4.11. The summed E-state index contributed by atoms with van der Waals surface area (Å²) < 4.78 is 0. The normalized spacial score (nSPS) is 52.2. The van der Waals surface area contributed by atoms with Crippen molar-refractivity contribution >= 4 is 0 Å². The van der Waals surface area contributed by atoms with E-state index < -0.39 is 0 Å². The van der Waals surface area contributed by atoms with Crippen LogP contribution in [-0.4, -0.2) is 24.3 Å². The first kappa shape index (κ1) is 6.62. The summed E-state index contributed by atoms with van der Waals surface area (Å²) in [4.78, 5) is 0. The lowest BCUT2D eigenvalue weighted by atomic mass is 10.0. The molecule has 0 aromatic heterocycles. The van der Waals surface area contributed by atoms with Gasteiger partial charge in [-0.3, -0.25) is 0 Å². The minimum Gasteiger partial charge on any atom is -0.395 e. The molecule has 2 heteroatoms. The molecule has 1 saturated heterocycles. The highest BCUT2D eigenvalue weighted by molar-refractivity contribution is 5.07. The molecular weight excluding hydrogens is 126 g/mol. The van der Waals surface area contributed by atoms with Gasteiger partial charge < -0.3 is 10.4 Å². The molecule has 2 nitrogen and oxygen atoms in total. The van der Waals surface area contributed by atoms with Crippen LogP contribution in [0.5, 0.6) is 0 Å². The van der Waals surface area contributed by atoms with Crippen molar-refractivity contribution in [1.82, 2.24) is 5.32 Å². The van der Waals surface area contributed by atoms with Crippen LogP contribution in [0.3, 0.4) is 0 Å². The average Bonchev–Trinajstić information content (AvgIpc) is 2.43. The molecule has 0 bridgehead atoms. The maximum absolute atomic E-state index is 8.85. The van der Waals surface area contributed by atoms with E-state index in [4.69, 9.17) is 5.11 Å². The van der Waals surface area contributed by atoms with Crippen LogP contribution < -0.4 is 5.32 Å². The van der Waals surface area contributed by atoms with Crippen molar-refractivity contribution in [2.75, 3.05) is 13.2 Å². The van der Waals surface area contributed by atoms with Gasteiger partial charge in [-0.05, 0) is 24.2 Å². The van der Waals surface area contributed by atoms with Crippen molar-refractivity contribution in [1.29, 1.82) is 0 Å². The first-order valence-corrected chi connectivity index (χ1v) is 4.11. The first-order chi connectivity index (χ1) is 4.77. The molecule has 10 heavy (non-hydrogen) atoms. The van der Waals surface area contributed by atoms with Crippen molar-refractivity contribution in [2.24, 2.45) is 11.3 Å². The fourth-order valence-electron chi connectivity index (χ4n) is 2.19. The minimum absolute atomic E-state index is 0.314. The summed E-state index contributed by atoms with van der Waals surface area (Å²) in [7, 11) is 0. The molecular formula is C8H15NO. The third-order valence-electron chi connectivity index (χ3n) is 3.21. The van der Waals surface area contributed by atoms with Crippen LogP contribution >= 0.6 is 0 Å². The largest absolute Gasteiger partial charge is 0.395 e. The third kappa shape index (κ3) is 0.789. The monoisotopic (exact) mass is 141 g/mol. The lowest BCUT2D eigenvalue weighted by Crippen LogP contribution is -2.24. The van der Waals surface area contributed by atoms with Gasteiger partial charge in [0.15, 0.2) is 0 Å². The Balaban J connectivity index is 1.95. The molecule has 3 atom stereocenters. The second-order valence-electron chi connectivity index (χ2n) is 3.93. The molecule has 1 heterocycles. The Morgan fingerprint density at radius 3 is 2.60 bits per heavy atom. The fourth-order valence-corrected chi connectivity index (χ4v) is 2.19. The predicted molar refractivity (Wildman–Crippen MR) is 39.7 cm³/mol. The lowest BCUT2D eigenvalue weighted by molar-refractivity contribution is 0.251. The van der Waals surface area contributed by atoms with Crippen LogP contribution in [0.4, 0.5) is 0 Å². The standard InChI is InChI=1S/C8H15NO/c1-6-2-8(6)3-7(4-10)9-5-8/h6-7,9-10H,2-5H2,1H3/t6-,7+,8?/m1/s1. The zero-order valence-corrected chi connectivity index (χ0v) is 6.43. The molecule has 2 N–H and O–H groups in total. The van der Waals surface area contributed by atoms with E-state index in [9.17, 15) is 0 Å². The van der Waals surface area contributed by atoms with Gasteiger partial charge in [0.1, 0.15) is 0 Å². The molecule has 0 aromatic rings. The summed E-state index contributed by atoms with van der Waals surface area (Å²) in [6, 6.07) is 0.393. The van der Waals surface area contributed by atoms with Crippen molar-refractivity contribution in [2.45, 2.75) is 25.8 Å². The minimum atomic E-state index is 0.314. The van der Waals surface area contributed by atoms with Gasteiger partial charge in [0, 0.05) is 12.6 Å². The summed E-state index contributed by atoms with van der Waals surface area (Å²) in [5, 5.41) is 12.2. The predicted octanol–water partition coefficient (Wildman–Crippen LogP) is 0.367. The van der Waals surface area contributed by atoms with E-state index in [-0.39, 0.29) is 0 Å². The molecule has 0 amide bonds. The Morgan fingerprint density at radius 2 is 2.30 bits per heavy atom. The van der Waals surface area contributed by atoms with Gasteiger partial charge in [0.05, 0.1) is 6.61 Å². The van der Waals surface area contributed by atoms with Gasteiger partial charge in [-0.25, -0.2) is 0 Å². The highest BCUT2D eigenvalue weighted by atomic mass is 16.3. The Labute approximate surface area is 61.6 Å². The van der Waals surface area contributed by atoms with Crippen LogP contribution in [0.1, 0.15) is 19.8 Å². The second kappa shape index (κ2) is 1.95. The summed E-state index contributed by atoms with van der Waals surface area (Å²) in [5.74, 6) is 0.900. The fraction of sp³-hybridized carbons (Fsp3) is 1.00. The van der Waals surface area contributed by atoms with Gasteiger partial charge in [-0.2, -0.15) is 0 Å². The molecule has 2 fully saturated rings. The quantitative estimate of drug-likeness (QED) is 0.553. The Kier molecular flexibility index (Phi) is 1.29. The van der Waals surface area contributed by atoms with Gasteiger partial charge in [-0.1, -0.05) is 6.92 Å². The van der Waals surface area contributed by atoms with E-state index in [1.54, 1.807) is 0 Å². The molecule has 1 saturated carbocycles. The van der Waals surface area contributed by atoms with Crippen molar-refractivity contribution in [3.8, 4) is 0 Å². The molecule has 1 aliphatic heterocycles. The van der Waals surface area contributed by atoms with Crippen LogP contribution in [0.25, 0.3) is 0 Å². The maximum atomic E-state index is 8.85. The van der Waals surface area contributed by atoms with Crippen molar-refractivity contribution in [3.63, 3.8) is 0 Å². The summed E-state index contributed by atoms with van der Waals surface area (Å²) in [6.45, 7) is 3.76. The van der Waals surface area contributed by atoms with Gasteiger partial charge in [0.25, 0.3) is 0 Å². The van der Waals surface area contributed by atoms with E-state index in [0.717, 1.165) is 12.5 Å². The zero-order chi connectivity index (χ0) is 7.19. The highest BCUT2D eigenvalue weighted by Crippen LogP contribution is 2.57. The van der Waals surface area contributed by atoms with E-state index in [0.29, 0.717) is 18.1 Å². The molecule has 1 aliphatic carbocycles. The van der Waals surface area contributed by atoms with Crippen molar-refractivity contribution in [3.05, 3.63) is 0 Å². The van der Waals surface area contributed by atoms with Crippen LogP contribution in [-0.2, 0) is 0 Å². The SMILES string of the molecule is C[C@@H]1CC12CN[C@H](CO)C2. The lowest BCUT2D eigenvalue weighted by Gasteiger charge is -2.04. The molecule has 58 valence electrons. The number of nitrogens with one attached hydrogen (secondary N) is 1. The average molecular weight is 141 g/mol. The van der Waals surface area contributed by atoms with Crippen molar-refractivity contribution < 1.29 is 5.11 Å².